The highest BCUT2D eigenvalue weighted by Gasteiger charge is 2.26. The van der Waals surface area contributed by atoms with E-state index in [1.54, 1.807) is 6.92 Å². The van der Waals surface area contributed by atoms with Gasteiger partial charge in [-0.3, -0.25) is 4.90 Å². The van der Waals surface area contributed by atoms with Crippen LogP contribution in [0, 0.1) is 12.3 Å². The number of hydrogen-bond acceptors (Lipinski definition) is 4. The van der Waals surface area contributed by atoms with Crippen molar-refractivity contribution in [3.8, 4) is 12.3 Å². The third-order valence-electron chi connectivity index (χ3n) is 3.63. The lowest BCUT2D eigenvalue weighted by Crippen LogP contribution is -2.32. The molecule has 4 nitrogen and oxygen atoms in total. The van der Waals surface area contributed by atoms with Gasteiger partial charge in [0.2, 0.25) is 0 Å². The van der Waals surface area contributed by atoms with Gasteiger partial charge >= 0.3 is 5.97 Å². The lowest BCUT2D eigenvalue weighted by Gasteiger charge is -2.26. The molecule has 120 valence electrons. The van der Waals surface area contributed by atoms with Crippen molar-refractivity contribution in [2.75, 3.05) is 38.2 Å². The molecule has 0 heterocycles. The number of anilines is 1. The van der Waals surface area contributed by atoms with E-state index in [4.69, 9.17) is 11.2 Å². The SMILES string of the molecule is C#CCN(C)C(C(=O)OCC)c1ccc(N(CC)CC)cc1. The average Bonchev–Trinajstić information content (AvgIpc) is 2.51. The van der Waals surface area contributed by atoms with Gasteiger partial charge in [0, 0.05) is 18.8 Å². The summed E-state index contributed by atoms with van der Waals surface area (Å²) in [5, 5.41) is 0. The van der Waals surface area contributed by atoms with Crippen molar-refractivity contribution < 1.29 is 9.53 Å². The van der Waals surface area contributed by atoms with E-state index in [1.165, 1.54) is 0 Å². The summed E-state index contributed by atoms with van der Waals surface area (Å²) in [6.45, 7) is 8.71. The zero-order valence-corrected chi connectivity index (χ0v) is 14.0. The van der Waals surface area contributed by atoms with Crippen molar-refractivity contribution in [3.63, 3.8) is 0 Å². The molecule has 1 unspecified atom stereocenters. The number of terminal acetylenes is 1. The molecular formula is C18H26N2O2. The Morgan fingerprint density at radius 1 is 1.23 bits per heavy atom. The zero-order chi connectivity index (χ0) is 16.5. The van der Waals surface area contributed by atoms with Gasteiger partial charge in [-0.05, 0) is 45.5 Å². The molecule has 4 heteroatoms. The summed E-state index contributed by atoms with van der Waals surface area (Å²) in [6, 6.07) is 7.56. The smallest absolute Gasteiger partial charge is 0.328 e. The number of benzene rings is 1. The summed E-state index contributed by atoms with van der Waals surface area (Å²) >= 11 is 0. The van der Waals surface area contributed by atoms with Crippen LogP contribution in [0.4, 0.5) is 5.69 Å². The van der Waals surface area contributed by atoms with E-state index in [0.29, 0.717) is 13.2 Å². The van der Waals surface area contributed by atoms with Gasteiger partial charge in [-0.25, -0.2) is 4.79 Å². The van der Waals surface area contributed by atoms with Crippen molar-refractivity contribution in [2.45, 2.75) is 26.8 Å². The highest BCUT2D eigenvalue weighted by molar-refractivity contribution is 5.78. The summed E-state index contributed by atoms with van der Waals surface area (Å²) in [7, 11) is 1.83. The van der Waals surface area contributed by atoms with Crippen molar-refractivity contribution >= 4 is 11.7 Å². The first-order valence-electron chi connectivity index (χ1n) is 7.74. The van der Waals surface area contributed by atoms with Crippen LogP contribution in [0.3, 0.4) is 0 Å². The second kappa shape index (κ2) is 9.11. The zero-order valence-electron chi connectivity index (χ0n) is 14.0. The number of rotatable bonds is 8. The van der Waals surface area contributed by atoms with E-state index in [2.05, 4.69) is 24.7 Å². The summed E-state index contributed by atoms with van der Waals surface area (Å²) in [5.74, 6) is 2.30. The Morgan fingerprint density at radius 3 is 2.27 bits per heavy atom. The van der Waals surface area contributed by atoms with Crippen molar-refractivity contribution in [3.05, 3.63) is 29.8 Å². The molecule has 0 bridgehead atoms. The van der Waals surface area contributed by atoms with Gasteiger partial charge in [0.05, 0.1) is 13.2 Å². The molecule has 0 aliphatic rings. The summed E-state index contributed by atoms with van der Waals surface area (Å²) < 4.78 is 5.19. The number of carbonyl (C=O) groups excluding carboxylic acids is 1. The number of nitrogens with zero attached hydrogens (tertiary/aromatic N) is 2. The molecule has 22 heavy (non-hydrogen) atoms. The predicted octanol–water partition coefficient (Wildman–Crippen LogP) is 2.70. The summed E-state index contributed by atoms with van der Waals surface area (Å²) in [5.41, 5.74) is 2.04. The molecule has 0 radical (unpaired) electrons. The molecule has 0 spiro atoms. The minimum absolute atomic E-state index is 0.268. The fourth-order valence-electron chi connectivity index (χ4n) is 2.48. The topological polar surface area (TPSA) is 32.8 Å². The third-order valence-corrected chi connectivity index (χ3v) is 3.63. The Hall–Kier alpha value is -1.99. The van der Waals surface area contributed by atoms with Gasteiger partial charge < -0.3 is 9.64 Å². The van der Waals surface area contributed by atoms with Gasteiger partial charge in [-0.1, -0.05) is 18.1 Å². The minimum atomic E-state index is -0.471. The van der Waals surface area contributed by atoms with E-state index in [1.807, 2.05) is 36.2 Å². The van der Waals surface area contributed by atoms with Crippen LogP contribution in [0.25, 0.3) is 0 Å². The molecule has 1 aromatic carbocycles. The Morgan fingerprint density at radius 2 is 1.82 bits per heavy atom. The molecular weight excluding hydrogens is 276 g/mol. The molecule has 0 aliphatic heterocycles. The number of carbonyl (C=O) groups is 1. The largest absolute Gasteiger partial charge is 0.465 e. The lowest BCUT2D eigenvalue weighted by molar-refractivity contribution is -0.149. The second-order valence-electron chi connectivity index (χ2n) is 5.04. The first-order chi connectivity index (χ1) is 10.6. The van der Waals surface area contributed by atoms with Crippen LogP contribution in [0.15, 0.2) is 24.3 Å². The van der Waals surface area contributed by atoms with E-state index >= 15 is 0 Å². The molecule has 0 amide bonds. The predicted molar refractivity (Wildman–Crippen MR) is 90.8 cm³/mol. The minimum Gasteiger partial charge on any atom is -0.465 e. The van der Waals surface area contributed by atoms with Gasteiger partial charge in [0.25, 0.3) is 0 Å². The molecule has 0 aliphatic carbocycles. The van der Waals surface area contributed by atoms with Crippen LogP contribution in [0.1, 0.15) is 32.4 Å². The fraction of sp³-hybridized carbons (Fsp3) is 0.500. The van der Waals surface area contributed by atoms with Crippen molar-refractivity contribution in [1.29, 1.82) is 0 Å². The molecule has 1 rings (SSSR count). The number of hydrogen-bond donors (Lipinski definition) is 0. The molecule has 0 fully saturated rings. The molecule has 0 saturated carbocycles. The molecule has 1 atom stereocenters. The fourth-order valence-corrected chi connectivity index (χ4v) is 2.48. The Kier molecular flexibility index (Phi) is 7.48. The third kappa shape index (κ3) is 4.51. The maximum atomic E-state index is 12.2. The van der Waals surface area contributed by atoms with Crippen molar-refractivity contribution in [1.82, 2.24) is 4.90 Å². The lowest BCUT2D eigenvalue weighted by atomic mass is 10.0. The van der Waals surface area contributed by atoms with Gasteiger partial charge in [0.15, 0.2) is 0 Å². The van der Waals surface area contributed by atoms with E-state index in [9.17, 15) is 4.79 Å². The highest BCUT2D eigenvalue weighted by atomic mass is 16.5. The highest BCUT2D eigenvalue weighted by Crippen LogP contribution is 2.24. The standard InChI is InChI=1S/C18H26N2O2/c1-6-14-19(5)17(18(21)22-9-4)15-10-12-16(13-11-15)20(7-2)8-3/h1,10-13,17H,7-9,14H2,2-5H3. The van der Waals surface area contributed by atoms with E-state index in [0.717, 1.165) is 24.3 Å². The van der Waals surface area contributed by atoms with Gasteiger partial charge in [-0.2, -0.15) is 0 Å². The van der Waals surface area contributed by atoms with Crippen LogP contribution in [-0.4, -0.2) is 44.2 Å². The molecule has 0 aromatic heterocycles. The van der Waals surface area contributed by atoms with Crippen LogP contribution in [0.5, 0.6) is 0 Å². The van der Waals surface area contributed by atoms with Crippen molar-refractivity contribution in [2.24, 2.45) is 0 Å². The van der Waals surface area contributed by atoms with Crippen LogP contribution < -0.4 is 4.90 Å². The maximum Gasteiger partial charge on any atom is 0.328 e. The van der Waals surface area contributed by atoms with E-state index < -0.39 is 6.04 Å². The summed E-state index contributed by atoms with van der Waals surface area (Å²) in [4.78, 5) is 16.3. The van der Waals surface area contributed by atoms with Crippen LogP contribution in [0.2, 0.25) is 0 Å². The van der Waals surface area contributed by atoms with Crippen LogP contribution >= 0.6 is 0 Å². The maximum absolute atomic E-state index is 12.2. The Balaban J connectivity index is 3.04. The number of likely N-dealkylation sites (N-methyl/N-ethyl adjacent to an activating group) is 1. The van der Waals surface area contributed by atoms with E-state index in [-0.39, 0.29) is 5.97 Å². The first-order valence-corrected chi connectivity index (χ1v) is 7.74. The molecule has 0 saturated heterocycles. The normalized spacial score (nSPS) is 11.8. The van der Waals surface area contributed by atoms with Gasteiger partial charge in [0.1, 0.15) is 6.04 Å². The van der Waals surface area contributed by atoms with Gasteiger partial charge in [-0.15, -0.1) is 6.42 Å². The Labute approximate surface area is 134 Å². The Bertz CT molecular complexity index is 501. The average molecular weight is 302 g/mol. The summed E-state index contributed by atoms with van der Waals surface area (Å²) in [6.07, 6.45) is 5.37. The molecule has 1 aromatic rings. The van der Waals surface area contributed by atoms with Crippen LogP contribution in [-0.2, 0) is 9.53 Å². The first kappa shape index (κ1) is 18.1. The second-order valence-corrected chi connectivity index (χ2v) is 5.04. The molecule has 0 N–H and O–H groups in total. The quantitative estimate of drug-likeness (QED) is 0.546. The number of ether oxygens (including phenoxy) is 1. The monoisotopic (exact) mass is 302 g/mol. The number of esters is 1.